The molecule has 3 heterocycles. The Hall–Kier alpha value is -4.15. The molecule has 9 rings (SSSR count). The van der Waals surface area contributed by atoms with Crippen LogP contribution in [-0.4, -0.2) is 25.0 Å². The predicted octanol–water partition coefficient (Wildman–Crippen LogP) is 7.08. The van der Waals surface area contributed by atoms with Gasteiger partial charge in [0.25, 0.3) is 0 Å². The molecule has 0 amide bonds. The third-order valence-electron chi connectivity index (χ3n) is 9.42. The maximum Gasteiger partial charge on any atom is 0.235 e. The molecule has 1 fully saturated rings. The number of fused-ring (bicyclic) bond motifs is 7. The van der Waals surface area contributed by atoms with Crippen molar-refractivity contribution < 1.29 is 0 Å². The monoisotopic (exact) mass is 561 g/mol. The van der Waals surface area contributed by atoms with E-state index in [1.165, 1.54) is 38.9 Å². The first-order valence-corrected chi connectivity index (χ1v) is 16.2. The Morgan fingerprint density at radius 3 is 2.48 bits per heavy atom. The third-order valence-corrected chi connectivity index (χ3v) is 10.9. The molecule has 204 valence electrons. The largest absolute Gasteiger partial charge is 0.285 e. The van der Waals surface area contributed by atoms with Gasteiger partial charge in [-0.05, 0) is 42.4 Å². The van der Waals surface area contributed by atoms with E-state index in [4.69, 9.17) is 9.97 Å². The molecule has 3 unspecified atom stereocenters. The first-order chi connectivity index (χ1) is 20.8. The third kappa shape index (κ3) is 3.81. The van der Waals surface area contributed by atoms with Crippen LogP contribution in [-0.2, 0) is 12.8 Å². The quantitative estimate of drug-likeness (QED) is 0.268. The average molecular weight is 562 g/mol. The summed E-state index contributed by atoms with van der Waals surface area (Å²) in [5.41, 5.74) is 11.7. The summed E-state index contributed by atoms with van der Waals surface area (Å²) in [7, 11) is 0. The Morgan fingerprint density at radius 1 is 0.762 bits per heavy atom. The molecule has 0 saturated carbocycles. The second kappa shape index (κ2) is 9.71. The van der Waals surface area contributed by atoms with Crippen LogP contribution in [0.3, 0.4) is 0 Å². The van der Waals surface area contributed by atoms with Gasteiger partial charge < -0.3 is 0 Å². The van der Waals surface area contributed by atoms with E-state index in [0.717, 1.165) is 54.7 Å². The Kier molecular flexibility index (Phi) is 5.65. The smallest absolute Gasteiger partial charge is 0.235 e. The summed E-state index contributed by atoms with van der Waals surface area (Å²) in [5.74, 6) is 1.34. The van der Waals surface area contributed by atoms with Crippen molar-refractivity contribution in [3.8, 4) is 28.3 Å². The molecule has 3 nitrogen and oxygen atoms in total. The van der Waals surface area contributed by atoms with E-state index in [0.29, 0.717) is 16.4 Å². The lowest BCUT2D eigenvalue weighted by atomic mass is 9.83. The highest BCUT2D eigenvalue weighted by molar-refractivity contribution is 8.01. The van der Waals surface area contributed by atoms with Gasteiger partial charge in [0.15, 0.2) is 0 Å². The molecule has 42 heavy (non-hydrogen) atoms. The first-order valence-electron chi connectivity index (χ1n) is 15.2. The van der Waals surface area contributed by atoms with Crippen LogP contribution in [0.2, 0.25) is 0 Å². The molecule has 4 aromatic rings. The van der Waals surface area contributed by atoms with Gasteiger partial charge in [0.1, 0.15) is 0 Å². The van der Waals surface area contributed by atoms with Crippen molar-refractivity contribution in [2.75, 3.05) is 0 Å². The summed E-state index contributed by atoms with van der Waals surface area (Å²) in [4.78, 5) is 10.7. The van der Waals surface area contributed by atoms with Crippen molar-refractivity contribution in [3.05, 3.63) is 124 Å². The van der Waals surface area contributed by atoms with Crippen LogP contribution in [0.5, 0.6) is 0 Å². The summed E-state index contributed by atoms with van der Waals surface area (Å²) >= 11 is 2.12. The Morgan fingerprint density at radius 2 is 1.57 bits per heavy atom. The highest BCUT2D eigenvalue weighted by Gasteiger charge is 2.41. The number of hydrogen-bond donors (Lipinski definition) is 0. The fourth-order valence-electron chi connectivity index (χ4n) is 7.42. The van der Waals surface area contributed by atoms with Gasteiger partial charge in [0.05, 0.1) is 11.0 Å². The summed E-state index contributed by atoms with van der Waals surface area (Å²) in [6.45, 7) is 0. The number of rotatable bonds is 3. The molecule has 0 radical (unpaired) electrons. The molecule has 4 aliphatic carbocycles. The first kappa shape index (κ1) is 24.4. The molecule has 5 aliphatic rings. The molecule has 2 aromatic carbocycles. The number of allylic oxidation sites excluding steroid dienone is 4. The Bertz CT molecular complexity index is 1990. The van der Waals surface area contributed by atoms with Gasteiger partial charge in [-0.3, -0.25) is 4.57 Å². The second-order valence-electron chi connectivity index (χ2n) is 11.8. The van der Waals surface area contributed by atoms with Crippen LogP contribution in [0.25, 0.3) is 52.6 Å². The summed E-state index contributed by atoms with van der Waals surface area (Å²) < 4.78 is 2.44. The number of thioether (sulfide) groups is 1. The molecule has 2 aromatic heterocycles. The maximum atomic E-state index is 5.40. The molecule has 3 atom stereocenters. The summed E-state index contributed by atoms with van der Waals surface area (Å²) in [6.07, 6.45) is 26.2. The van der Waals surface area contributed by atoms with Gasteiger partial charge in [0, 0.05) is 56.1 Å². The second-order valence-corrected chi connectivity index (χ2v) is 13.2. The molecular weight excluding hydrogens is 531 g/mol. The van der Waals surface area contributed by atoms with Crippen molar-refractivity contribution in [2.45, 2.75) is 42.6 Å². The molecule has 0 bridgehead atoms. The van der Waals surface area contributed by atoms with Crippen LogP contribution in [0.1, 0.15) is 41.8 Å². The standard InChI is InChI=1S/C38H31N3S/c1-2-10-24(11-3-1)25-18-20-26(21-19-25)37-29-14-4-7-15-32(29)39-38(40-37)41-33-16-8-5-12-27(33)30-22-31-28-13-6-9-17-35(28)42-36(31)23-34(30)41/h1-3,5-6,9-15,17-22,28,35-36H,4,7-8,16,23H2. The topological polar surface area (TPSA) is 30.7 Å². The summed E-state index contributed by atoms with van der Waals surface area (Å²) in [5, 5.41) is 3.29. The Balaban J connectivity index is 1.21. The van der Waals surface area contributed by atoms with Crippen LogP contribution < -0.4 is 10.6 Å². The molecule has 0 N–H and O–H groups in total. The summed E-state index contributed by atoms with van der Waals surface area (Å²) in [6, 6.07) is 19.5. The lowest BCUT2D eigenvalue weighted by Crippen LogP contribution is -2.35. The zero-order valence-corrected chi connectivity index (χ0v) is 24.2. The molecule has 1 aliphatic heterocycles. The van der Waals surface area contributed by atoms with Crippen LogP contribution in [0.4, 0.5) is 0 Å². The minimum absolute atomic E-state index is 0.501. The van der Waals surface area contributed by atoms with E-state index in [1.54, 1.807) is 5.57 Å². The number of nitrogens with zero attached hydrogens (tertiary/aromatic N) is 3. The minimum atomic E-state index is 0.501. The van der Waals surface area contributed by atoms with E-state index >= 15 is 0 Å². The van der Waals surface area contributed by atoms with Crippen LogP contribution >= 0.6 is 11.8 Å². The van der Waals surface area contributed by atoms with E-state index in [1.807, 2.05) is 0 Å². The fraction of sp³-hybridized carbons (Fsp3) is 0.211. The predicted molar refractivity (Wildman–Crippen MR) is 176 cm³/mol. The van der Waals surface area contributed by atoms with Crippen molar-refractivity contribution >= 4 is 36.1 Å². The van der Waals surface area contributed by atoms with Crippen molar-refractivity contribution in [3.63, 3.8) is 0 Å². The minimum Gasteiger partial charge on any atom is -0.285 e. The van der Waals surface area contributed by atoms with Gasteiger partial charge in [-0.15, -0.1) is 11.8 Å². The van der Waals surface area contributed by atoms with Gasteiger partial charge in [-0.1, -0.05) is 109 Å². The van der Waals surface area contributed by atoms with E-state index in [2.05, 4.69) is 126 Å². The van der Waals surface area contributed by atoms with E-state index < -0.39 is 0 Å². The van der Waals surface area contributed by atoms with E-state index in [9.17, 15) is 0 Å². The van der Waals surface area contributed by atoms with Gasteiger partial charge >= 0.3 is 0 Å². The van der Waals surface area contributed by atoms with Crippen LogP contribution in [0, 0.1) is 5.92 Å². The average Bonchev–Trinajstić information content (AvgIpc) is 3.58. The van der Waals surface area contributed by atoms with E-state index in [-0.39, 0.29) is 0 Å². The molecule has 4 heteroatoms. The molecule has 1 saturated heterocycles. The van der Waals surface area contributed by atoms with Gasteiger partial charge in [-0.25, -0.2) is 9.97 Å². The van der Waals surface area contributed by atoms with Crippen molar-refractivity contribution in [2.24, 2.45) is 5.92 Å². The zero-order chi connectivity index (χ0) is 27.6. The Labute approximate surface area is 250 Å². The highest BCUT2D eigenvalue weighted by Crippen LogP contribution is 2.51. The normalized spacial score (nSPS) is 22.7. The maximum absolute atomic E-state index is 5.40. The van der Waals surface area contributed by atoms with Crippen molar-refractivity contribution in [1.29, 1.82) is 0 Å². The number of aromatic nitrogens is 3. The lowest BCUT2D eigenvalue weighted by molar-refractivity contribution is 0.739. The zero-order valence-electron chi connectivity index (χ0n) is 23.4. The fourth-order valence-corrected chi connectivity index (χ4v) is 9.03. The molecule has 0 spiro atoms. The van der Waals surface area contributed by atoms with Gasteiger partial charge in [-0.2, -0.15) is 0 Å². The van der Waals surface area contributed by atoms with Crippen molar-refractivity contribution in [1.82, 2.24) is 14.5 Å². The van der Waals surface area contributed by atoms with Crippen LogP contribution in [0.15, 0.2) is 90.6 Å². The lowest BCUT2D eigenvalue weighted by Gasteiger charge is -2.22. The van der Waals surface area contributed by atoms with Gasteiger partial charge in [0.2, 0.25) is 5.95 Å². The SMILES string of the molecule is C1=CC2SC3Cc4c(c5c(n4-c4nc(-c6ccc(-c7ccccc7)cc6)c6c(n4)=CCCC=6)CCC=C5)C=C3C2C=C1. The number of hydrogen-bond acceptors (Lipinski definition) is 3. The molecular formula is C38H31N3S. The number of benzene rings is 2. The highest BCUT2D eigenvalue weighted by atomic mass is 32.2.